The van der Waals surface area contributed by atoms with Crippen molar-refractivity contribution in [1.82, 2.24) is 4.98 Å². The van der Waals surface area contributed by atoms with Gasteiger partial charge in [0.1, 0.15) is 11.5 Å². The molecular weight excluding hydrogens is 442 g/mol. The van der Waals surface area contributed by atoms with Gasteiger partial charge in [0.15, 0.2) is 18.5 Å². The van der Waals surface area contributed by atoms with E-state index in [1.54, 1.807) is 49.6 Å². The van der Waals surface area contributed by atoms with E-state index >= 15 is 0 Å². The van der Waals surface area contributed by atoms with Crippen molar-refractivity contribution in [2.24, 2.45) is 0 Å². The van der Waals surface area contributed by atoms with Crippen LogP contribution < -0.4 is 19.3 Å². The Morgan fingerprint density at radius 3 is 2.70 bits per heavy atom. The highest BCUT2D eigenvalue weighted by Crippen LogP contribution is 2.38. The number of likely N-dealkylation sites (N-methyl/N-ethyl adjacent to an activating group) is 1. The molecule has 0 aliphatic carbocycles. The van der Waals surface area contributed by atoms with Crippen molar-refractivity contribution in [1.29, 1.82) is 0 Å². The van der Waals surface area contributed by atoms with E-state index in [-0.39, 0.29) is 30.7 Å². The van der Waals surface area contributed by atoms with Crippen molar-refractivity contribution in [3.63, 3.8) is 0 Å². The normalized spacial score (nSPS) is 17.2. The molecule has 0 bridgehead atoms. The number of amides is 2. The zero-order valence-electron chi connectivity index (χ0n) is 18.3. The lowest BCUT2D eigenvalue weighted by Gasteiger charge is -2.33. The standard InChI is InChI=1S/C24H21N3O5S/c1-13-24(30)27(19-8-15(4-7-22(19)32-13)17-12-33-14(2)25-17)10-20(28)16-5-6-21-18(9-16)26(3)23(29)11-31-21/h4-9,12-13H,10-11H2,1-3H3. The summed E-state index contributed by atoms with van der Waals surface area (Å²) in [6.45, 7) is 3.41. The molecule has 33 heavy (non-hydrogen) atoms. The van der Waals surface area contributed by atoms with Crippen molar-refractivity contribution >= 4 is 40.3 Å². The molecule has 1 aromatic heterocycles. The number of hydrogen-bond donors (Lipinski definition) is 0. The number of thiazole rings is 1. The van der Waals surface area contributed by atoms with E-state index in [1.165, 1.54) is 9.80 Å². The third kappa shape index (κ3) is 3.74. The number of ketones is 1. The molecule has 1 atom stereocenters. The van der Waals surface area contributed by atoms with Gasteiger partial charge in [0.2, 0.25) is 0 Å². The number of carbonyl (C=O) groups is 3. The number of rotatable bonds is 4. The molecule has 0 radical (unpaired) electrons. The van der Waals surface area contributed by atoms with Crippen LogP contribution in [0.1, 0.15) is 22.3 Å². The van der Waals surface area contributed by atoms with Crippen LogP contribution >= 0.6 is 11.3 Å². The second-order valence-corrected chi connectivity index (χ2v) is 9.03. The summed E-state index contributed by atoms with van der Waals surface area (Å²) in [6, 6.07) is 10.5. The largest absolute Gasteiger partial charge is 0.482 e. The van der Waals surface area contributed by atoms with Crippen LogP contribution in [0.3, 0.4) is 0 Å². The average molecular weight is 464 g/mol. The number of fused-ring (bicyclic) bond motifs is 2. The zero-order valence-corrected chi connectivity index (χ0v) is 19.1. The van der Waals surface area contributed by atoms with E-state index in [9.17, 15) is 14.4 Å². The number of Topliss-reactive ketones (excluding diaryl/α,β-unsaturated/α-hetero) is 1. The Kier molecular flexibility index (Phi) is 5.13. The summed E-state index contributed by atoms with van der Waals surface area (Å²) in [7, 11) is 1.64. The van der Waals surface area contributed by atoms with Gasteiger partial charge in [-0.1, -0.05) is 0 Å². The monoisotopic (exact) mass is 463 g/mol. The molecule has 2 aliphatic heterocycles. The van der Waals surface area contributed by atoms with Crippen LogP contribution in [0, 0.1) is 6.92 Å². The Bertz CT molecular complexity index is 1300. The molecular formula is C24H21N3O5S. The van der Waals surface area contributed by atoms with Crippen molar-refractivity contribution < 1.29 is 23.9 Å². The third-order valence-corrected chi connectivity index (χ3v) is 6.52. The minimum atomic E-state index is -0.710. The number of carbonyl (C=O) groups excluding carboxylic acids is 3. The molecule has 0 N–H and O–H groups in total. The summed E-state index contributed by atoms with van der Waals surface area (Å²) in [6.07, 6.45) is -0.710. The molecule has 2 aliphatic rings. The molecule has 9 heteroatoms. The summed E-state index contributed by atoms with van der Waals surface area (Å²) in [5.41, 5.74) is 3.09. The predicted octanol–water partition coefficient (Wildman–Crippen LogP) is 3.47. The Hall–Kier alpha value is -3.72. The fourth-order valence-electron chi connectivity index (χ4n) is 3.91. The van der Waals surface area contributed by atoms with Crippen LogP contribution in [0.4, 0.5) is 11.4 Å². The van der Waals surface area contributed by atoms with Crippen molar-refractivity contribution in [2.45, 2.75) is 20.0 Å². The molecule has 3 heterocycles. The molecule has 0 fully saturated rings. The highest BCUT2D eigenvalue weighted by Gasteiger charge is 2.34. The molecule has 2 amide bonds. The lowest BCUT2D eigenvalue weighted by Crippen LogP contribution is -2.46. The van der Waals surface area contributed by atoms with Gasteiger partial charge in [0, 0.05) is 23.6 Å². The fraction of sp³-hybridized carbons (Fsp3) is 0.250. The maximum atomic E-state index is 13.2. The quantitative estimate of drug-likeness (QED) is 0.551. The van der Waals surface area contributed by atoms with Gasteiger partial charge in [-0.3, -0.25) is 19.3 Å². The van der Waals surface area contributed by atoms with Gasteiger partial charge < -0.3 is 14.4 Å². The van der Waals surface area contributed by atoms with Gasteiger partial charge in [-0.05, 0) is 50.2 Å². The minimum Gasteiger partial charge on any atom is -0.482 e. The van der Waals surface area contributed by atoms with Crippen molar-refractivity contribution in [3.05, 3.63) is 52.3 Å². The van der Waals surface area contributed by atoms with Gasteiger partial charge in [0.05, 0.1) is 28.6 Å². The molecule has 5 rings (SSSR count). The summed E-state index contributed by atoms with van der Waals surface area (Å²) in [5.74, 6) is 0.333. The number of aryl methyl sites for hydroxylation is 1. The Morgan fingerprint density at radius 2 is 1.94 bits per heavy atom. The number of aromatic nitrogens is 1. The summed E-state index contributed by atoms with van der Waals surface area (Å²) < 4.78 is 11.2. The van der Waals surface area contributed by atoms with E-state index in [4.69, 9.17) is 9.47 Å². The predicted molar refractivity (Wildman–Crippen MR) is 124 cm³/mol. The lowest BCUT2D eigenvalue weighted by molar-refractivity contribution is -0.125. The number of hydrogen-bond acceptors (Lipinski definition) is 7. The second kappa shape index (κ2) is 8.00. The van der Waals surface area contributed by atoms with Gasteiger partial charge >= 0.3 is 0 Å². The van der Waals surface area contributed by atoms with E-state index < -0.39 is 6.10 Å². The Labute approximate surface area is 194 Å². The van der Waals surface area contributed by atoms with Crippen LogP contribution in [0.25, 0.3) is 11.3 Å². The van der Waals surface area contributed by atoms with E-state index in [2.05, 4.69) is 4.98 Å². The Balaban J connectivity index is 1.48. The number of benzene rings is 2. The summed E-state index contributed by atoms with van der Waals surface area (Å²) >= 11 is 1.54. The van der Waals surface area contributed by atoms with Crippen LogP contribution in [-0.4, -0.2) is 48.9 Å². The first-order valence-corrected chi connectivity index (χ1v) is 11.3. The van der Waals surface area contributed by atoms with Gasteiger partial charge in [-0.25, -0.2) is 4.98 Å². The molecule has 1 unspecified atom stereocenters. The van der Waals surface area contributed by atoms with Crippen LogP contribution in [0.15, 0.2) is 41.8 Å². The van der Waals surface area contributed by atoms with Crippen LogP contribution in [-0.2, 0) is 9.59 Å². The third-order valence-electron chi connectivity index (χ3n) is 5.75. The molecule has 0 spiro atoms. The van der Waals surface area contributed by atoms with E-state index in [0.29, 0.717) is 28.4 Å². The van der Waals surface area contributed by atoms with Gasteiger partial charge in [-0.2, -0.15) is 0 Å². The smallest absolute Gasteiger partial charge is 0.268 e. The average Bonchev–Trinajstić information content (AvgIpc) is 3.25. The molecule has 2 aromatic carbocycles. The fourth-order valence-corrected chi connectivity index (χ4v) is 4.53. The molecule has 0 saturated carbocycles. The highest BCUT2D eigenvalue weighted by molar-refractivity contribution is 7.09. The zero-order chi connectivity index (χ0) is 23.3. The highest BCUT2D eigenvalue weighted by atomic mass is 32.1. The first-order valence-electron chi connectivity index (χ1n) is 10.4. The number of anilines is 2. The first-order chi connectivity index (χ1) is 15.8. The number of ether oxygens (including phenoxy) is 2. The molecule has 8 nitrogen and oxygen atoms in total. The van der Waals surface area contributed by atoms with Gasteiger partial charge in [0.25, 0.3) is 11.8 Å². The first kappa shape index (κ1) is 21.1. The van der Waals surface area contributed by atoms with Crippen molar-refractivity contribution in [3.8, 4) is 22.8 Å². The topological polar surface area (TPSA) is 89.0 Å². The summed E-state index contributed by atoms with van der Waals surface area (Å²) in [4.78, 5) is 45.6. The van der Waals surface area contributed by atoms with Crippen LogP contribution in [0.2, 0.25) is 0 Å². The van der Waals surface area contributed by atoms with Crippen LogP contribution in [0.5, 0.6) is 11.5 Å². The van der Waals surface area contributed by atoms with Gasteiger partial charge in [-0.15, -0.1) is 11.3 Å². The maximum Gasteiger partial charge on any atom is 0.268 e. The van der Waals surface area contributed by atoms with Crippen molar-refractivity contribution in [2.75, 3.05) is 30.0 Å². The Morgan fingerprint density at radius 1 is 1.15 bits per heavy atom. The number of nitrogens with zero attached hydrogens (tertiary/aromatic N) is 3. The maximum absolute atomic E-state index is 13.2. The SMILES string of the molecule is Cc1nc(-c2ccc3c(c2)N(CC(=O)c2ccc4c(c2)N(C)C(=O)CO4)C(=O)C(C)O3)cs1. The minimum absolute atomic E-state index is 0.0331. The second-order valence-electron chi connectivity index (χ2n) is 7.97. The lowest BCUT2D eigenvalue weighted by atomic mass is 10.0. The van der Waals surface area contributed by atoms with E-state index in [1.807, 2.05) is 24.4 Å². The van der Waals surface area contributed by atoms with E-state index in [0.717, 1.165) is 16.3 Å². The molecule has 3 aromatic rings. The summed E-state index contributed by atoms with van der Waals surface area (Å²) in [5, 5.41) is 2.89. The molecule has 168 valence electrons. The molecule has 0 saturated heterocycles.